The molecule has 6 nitrogen and oxygen atoms in total. The summed E-state index contributed by atoms with van der Waals surface area (Å²) in [5, 5.41) is 3.95. The molecule has 3 aromatic rings. The SMILES string of the molecule is O=C(COc1ccc(-c2ccccc2)cc1)N/N=C/c1cc(Br)c(N2CCCC2)o1. The van der Waals surface area contributed by atoms with E-state index in [0.717, 1.165) is 34.6 Å². The normalized spacial score (nSPS) is 13.7. The Morgan fingerprint density at radius 2 is 1.80 bits per heavy atom. The highest BCUT2D eigenvalue weighted by Gasteiger charge is 2.19. The van der Waals surface area contributed by atoms with Gasteiger partial charge in [0.1, 0.15) is 5.75 Å². The van der Waals surface area contributed by atoms with E-state index >= 15 is 0 Å². The highest BCUT2D eigenvalue weighted by Crippen LogP contribution is 2.31. The molecule has 0 unspecified atom stereocenters. The Balaban J connectivity index is 1.25. The number of rotatable bonds is 7. The van der Waals surface area contributed by atoms with E-state index in [4.69, 9.17) is 9.15 Å². The summed E-state index contributed by atoms with van der Waals surface area (Å²) in [4.78, 5) is 14.2. The van der Waals surface area contributed by atoms with Crippen molar-refractivity contribution in [2.24, 2.45) is 5.10 Å². The number of anilines is 1. The van der Waals surface area contributed by atoms with Crippen molar-refractivity contribution in [3.05, 3.63) is 70.9 Å². The van der Waals surface area contributed by atoms with Gasteiger partial charge in [0.05, 0.1) is 10.7 Å². The largest absolute Gasteiger partial charge is 0.484 e. The third-order valence-electron chi connectivity index (χ3n) is 4.79. The minimum Gasteiger partial charge on any atom is -0.484 e. The fourth-order valence-electron chi connectivity index (χ4n) is 3.30. The van der Waals surface area contributed by atoms with Crippen molar-refractivity contribution >= 4 is 33.9 Å². The number of furan rings is 1. The maximum Gasteiger partial charge on any atom is 0.277 e. The molecule has 1 aliphatic rings. The van der Waals surface area contributed by atoms with Crippen molar-refractivity contribution in [2.75, 3.05) is 24.6 Å². The number of carbonyl (C=O) groups is 1. The van der Waals surface area contributed by atoms with Gasteiger partial charge in [0.2, 0.25) is 5.88 Å². The lowest BCUT2D eigenvalue weighted by molar-refractivity contribution is -0.123. The summed E-state index contributed by atoms with van der Waals surface area (Å²) in [6, 6.07) is 19.5. The van der Waals surface area contributed by atoms with Gasteiger partial charge in [0, 0.05) is 19.2 Å². The van der Waals surface area contributed by atoms with Crippen LogP contribution in [0.1, 0.15) is 18.6 Å². The molecule has 0 radical (unpaired) electrons. The number of hydrogen-bond donors (Lipinski definition) is 1. The molecule has 2 heterocycles. The van der Waals surface area contributed by atoms with Gasteiger partial charge in [0.25, 0.3) is 5.91 Å². The fourth-order valence-corrected chi connectivity index (χ4v) is 3.86. The van der Waals surface area contributed by atoms with Gasteiger partial charge in [0.15, 0.2) is 12.4 Å². The Bertz CT molecular complexity index is 1010. The maximum atomic E-state index is 12.0. The Labute approximate surface area is 183 Å². The standard InChI is InChI=1S/C23H22BrN3O3/c24-21-14-20(30-23(21)27-12-4-5-13-27)15-25-26-22(28)16-29-19-10-8-18(9-11-19)17-6-2-1-3-7-17/h1-3,6-11,14-15H,4-5,12-13,16H2,(H,26,28)/b25-15+. The Kier molecular flexibility index (Phi) is 6.49. The van der Waals surface area contributed by atoms with Gasteiger partial charge in [-0.05, 0) is 52.0 Å². The molecular formula is C23H22BrN3O3. The van der Waals surface area contributed by atoms with Crippen molar-refractivity contribution in [1.82, 2.24) is 5.43 Å². The second-order valence-electron chi connectivity index (χ2n) is 6.97. The molecular weight excluding hydrogens is 446 g/mol. The number of halogens is 1. The first-order chi connectivity index (χ1) is 14.7. The predicted octanol–water partition coefficient (Wildman–Crippen LogP) is 4.84. The van der Waals surface area contributed by atoms with Crippen molar-refractivity contribution in [1.29, 1.82) is 0 Å². The lowest BCUT2D eigenvalue weighted by Crippen LogP contribution is -2.24. The third-order valence-corrected chi connectivity index (χ3v) is 5.36. The average Bonchev–Trinajstić information content (AvgIpc) is 3.43. The highest BCUT2D eigenvalue weighted by atomic mass is 79.9. The lowest BCUT2D eigenvalue weighted by atomic mass is 10.1. The van der Waals surface area contributed by atoms with E-state index < -0.39 is 0 Å². The third kappa shape index (κ3) is 5.10. The van der Waals surface area contributed by atoms with Crippen LogP contribution in [0.4, 0.5) is 5.88 Å². The molecule has 0 bridgehead atoms. The number of nitrogens with one attached hydrogen (secondary N) is 1. The molecule has 30 heavy (non-hydrogen) atoms. The summed E-state index contributed by atoms with van der Waals surface area (Å²) in [6.07, 6.45) is 3.82. The number of carbonyl (C=O) groups excluding carboxylic acids is 1. The van der Waals surface area contributed by atoms with Crippen LogP contribution in [0.25, 0.3) is 11.1 Å². The van der Waals surface area contributed by atoms with E-state index in [2.05, 4.69) is 31.4 Å². The number of nitrogens with zero attached hydrogens (tertiary/aromatic N) is 2. The molecule has 7 heteroatoms. The van der Waals surface area contributed by atoms with Crippen LogP contribution in [-0.2, 0) is 4.79 Å². The van der Waals surface area contributed by atoms with Gasteiger partial charge in [-0.25, -0.2) is 5.43 Å². The molecule has 154 valence electrons. The molecule has 0 spiro atoms. The van der Waals surface area contributed by atoms with Crippen molar-refractivity contribution in [2.45, 2.75) is 12.8 Å². The van der Waals surface area contributed by atoms with Crippen LogP contribution < -0.4 is 15.1 Å². The average molecular weight is 468 g/mol. The van der Waals surface area contributed by atoms with Gasteiger partial charge in [-0.3, -0.25) is 4.79 Å². The zero-order valence-corrected chi connectivity index (χ0v) is 18.0. The first-order valence-electron chi connectivity index (χ1n) is 9.83. The van der Waals surface area contributed by atoms with E-state index in [0.29, 0.717) is 11.5 Å². The quantitative estimate of drug-likeness (QED) is 0.398. The topological polar surface area (TPSA) is 67.1 Å². The summed E-state index contributed by atoms with van der Waals surface area (Å²) in [5.41, 5.74) is 4.68. The highest BCUT2D eigenvalue weighted by molar-refractivity contribution is 9.10. The first-order valence-corrected chi connectivity index (χ1v) is 10.6. The number of ether oxygens (including phenoxy) is 1. The lowest BCUT2D eigenvalue weighted by Gasteiger charge is -2.13. The van der Waals surface area contributed by atoms with E-state index in [1.807, 2.05) is 60.7 Å². The zero-order valence-electron chi connectivity index (χ0n) is 16.4. The Morgan fingerprint density at radius 1 is 1.10 bits per heavy atom. The van der Waals surface area contributed by atoms with Gasteiger partial charge in [-0.15, -0.1) is 0 Å². The van der Waals surface area contributed by atoms with E-state index in [-0.39, 0.29) is 12.5 Å². The minimum absolute atomic E-state index is 0.122. The Morgan fingerprint density at radius 3 is 2.53 bits per heavy atom. The molecule has 0 atom stereocenters. The molecule has 1 fully saturated rings. The van der Waals surface area contributed by atoms with Crippen molar-refractivity contribution in [3.63, 3.8) is 0 Å². The van der Waals surface area contributed by atoms with Crippen LogP contribution >= 0.6 is 15.9 Å². The second-order valence-corrected chi connectivity index (χ2v) is 7.82. The van der Waals surface area contributed by atoms with Crippen molar-refractivity contribution in [3.8, 4) is 16.9 Å². The minimum atomic E-state index is -0.344. The predicted molar refractivity (Wildman–Crippen MR) is 121 cm³/mol. The van der Waals surface area contributed by atoms with E-state index in [1.165, 1.54) is 19.1 Å². The smallest absolute Gasteiger partial charge is 0.277 e. The zero-order chi connectivity index (χ0) is 20.8. The van der Waals surface area contributed by atoms with Gasteiger partial charge >= 0.3 is 0 Å². The van der Waals surface area contributed by atoms with Crippen LogP contribution in [0, 0.1) is 0 Å². The summed E-state index contributed by atoms with van der Waals surface area (Å²) < 4.78 is 12.2. The molecule has 1 aliphatic heterocycles. The maximum absolute atomic E-state index is 12.0. The molecule has 4 rings (SSSR count). The summed E-state index contributed by atoms with van der Waals surface area (Å²) in [7, 11) is 0. The summed E-state index contributed by atoms with van der Waals surface area (Å²) >= 11 is 3.51. The first kappa shape index (κ1) is 20.2. The molecule has 1 N–H and O–H groups in total. The monoisotopic (exact) mass is 467 g/mol. The van der Waals surface area contributed by atoms with Gasteiger partial charge in [-0.1, -0.05) is 42.5 Å². The van der Waals surface area contributed by atoms with Crippen LogP contribution in [0.5, 0.6) is 5.75 Å². The number of hydrogen-bond acceptors (Lipinski definition) is 5. The van der Waals surface area contributed by atoms with Crippen LogP contribution in [0.2, 0.25) is 0 Å². The van der Waals surface area contributed by atoms with Crippen molar-refractivity contribution < 1.29 is 13.9 Å². The number of amides is 1. The fraction of sp³-hybridized carbons (Fsp3) is 0.217. The van der Waals surface area contributed by atoms with E-state index in [9.17, 15) is 4.79 Å². The second kappa shape index (κ2) is 9.63. The van der Waals surface area contributed by atoms with Crippen LogP contribution in [-0.4, -0.2) is 31.8 Å². The number of hydrazone groups is 1. The molecule has 0 aliphatic carbocycles. The van der Waals surface area contributed by atoms with Gasteiger partial charge < -0.3 is 14.1 Å². The summed E-state index contributed by atoms with van der Waals surface area (Å²) in [5.74, 6) is 1.66. The molecule has 1 saturated heterocycles. The van der Waals surface area contributed by atoms with Crippen LogP contribution in [0.15, 0.2) is 74.7 Å². The molecule has 0 saturated carbocycles. The molecule has 2 aromatic carbocycles. The Hall–Kier alpha value is -3.06. The van der Waals surface area contributed by atoms with Crippen LogP contribution in [0.3, 0.4) is 0 Å². The number of benzene rings is 2. The molecule has 1 amide bonds. The van der Waals surface area contributed by atoms with E-state index in [1.54, 1.807) is 0 Å². The molecule has 1 aromatic heterocycles. The summed E-state index contributed by atoms with van der Waals surface area (Å²) in [6.45, 7) is 1.86. The van der Waals surface area contributed by atoms with Gasteiger partial charge in [-0.2, -0.15) is 5.10 Å².